The van der Waals surface area contributed by atoms with Gasteiger partial charge in [0.1, 0.15) is 9.84 Å². The second-order valence-electron chi connectivity index (χ2n) is 3.38. The molecule has 0 unspecified atom stereocenters. The van der Waals surface area contributed by atoms with E-state index in [9.17, 15) is 13.6 Å². The summed E-state index contributed by atoms with van der Waals surface area (Å²) in [6, 6.07) is 1.65. The highest BCUT2D eigenvalue weighted by molar-refractivity contribution is 9.10. The summed E-state index contributed by atoms with van der Waals surface area (Å²) in [6.07, 6.45) is 4.22. The SMILES string of the molecule is CS(=O)(=O)CCCOc1cc(Br)c[n+]([O-])c1. The lowest BCUT2D eigenvalue weighted by Gasteiger charge is -2.05. The Bertz CT molecular complexity index is 440. The standard InChI is InChI=1S/C9H12BrNO4S/c1-16(13,14)4-2-3-15-9-5-8(10)6-11(12)7-9/h5-7H,2-4H2,1H3. The first kappa shape index (κ1) is 13.2. The fourth-order valence-electron chi connectivity index (χ4n) is 1.08. The monoisotopic (exact) mass is 309 g/mol. The summed E-state index contributed by atoms with van der Waals surface area (Å²) in [5.41, 5.74) is 0. The molecule has 0 aliphatic rings. The van der Waals surface area contributed by atoms with Crippen molar-refractivity contribution in [1.29, 1.82) is 0 Å². The van der Waals surface area contributed by atoms with Crippen molar-refractivity contribution in [2.75, 3.05) is 18.6 Å². The molecule has 0 bridgehead atoms. The molecule has 0 atom stereocenters. The molecule has 0 saturated carbocycles. The third-order valence-corrected chi connectivity index (χ3v) is 3.18. The maximum atomic E-state index is 11.0. The van der Waals surface area contributed by atoms with Crippen LogP contribution >= 0.6 is 15.9 Å². The van der Waals surface area contributed by atoms with Crippen molar-refractivity contribution in [2.45, 2.75) is 6.42 Å². The number of nitrogens with zero attached hydrogens (tertiary/aromatic N) is 1. The maximum absolute atomic E-state index is 11.0. The lowest BCUT2D eigenvalue weighted by atomic mass is 10.4. The van der Waals surface area contributed by atoms with Crippen LogP contribution < -0.4 is 9.47 Å². The number of aromatic nitrogens is 1. The average molecular weight is 310 g/mol. The average Bonchev–Trinajstić information content (AvgIpc) is 2.09. The van der Waals surface area contributed by atoms with Gasteiger partial charge in [-0.1, -0.05) is 0 Å². The molecule has 1 aromatic rings. The normalized spacial score (nSPS) is 11.4. The second-order valence-corrected chi connectivity index (χ2v) is 6.56. The van der Waals surface area contributed by atoms with Gasteiger partial charge in [0.25, 0.3) is 0 Å². The van der Waals surface area contributed by atoms with Crippen molar-refractivity contribution in [3.05, 3.63) is 28.1 Å². The highest BCUT2D eigenvalue weighted by Crippen LogP contribution is 2.14. The molecule has 5 nitrogen and oxygen atoms in total. The zero-order chi connectivity index (χ0) is 12.2. The van der Waals surface area contributed by atoms with Crippen LogP contribution in [0.2, 0.25) is 0 Å². The van der Waals surface area contributed by atoms with Gasteiger partial charge in [0, 0.05) is 12.3 Å². The summed E-state index contributed by atoms with van der Waals surface area (Å²) in [5.74, 6) is 0.496. The molecule has 0 aliphatic heterocycles. The lowest BCUT2D eigenvalue weighted by Crippen LogP contribution is -2.24. The van der Waals surface area contributed by atoms with Gasteiger partial charge in [-0.15, -0.1) is 0 Å². The molecule has 0 saturated heterocycles. The van der Waals surface area contributed by atoms with Crippen LogP contribution in [0.25, 0.3) is 0 Å². The fourth-order valence-corrected chi connectivity index (χ4v) is 2.15. The highest BCUT2D eigenvalue weighted by Gasteiger charge is 2.04. The molecule has 0 spiro atoms. The third-order valence-electron chi connectivity index (χ3n) is 1.71. The first-order valence-electron chi connectivity index (χ1n) is 4.57. The summed E-state index contributed by atoms with van der Waals surface area (Å²) in [7, 11) is -2.95. The summed E-state index contributed by atoms with van der Waals surface area (Å²) < 4.78 is 28.2. The quantitative estimate of drug-likeness (QED) is 0.460. The molecule has 16 heavy (non-hydrogen) atoms. The Labute approximate surface area is 103 Å². The zero-order valence-electron chi connectivity index (χ0n) is 8.72. The number of ether oxygens (including phenoxy) is 1. The van der Waals surface area contributed by atoms with Gasteiger partial charge >= 0.3 is 0 Å². The van der Waals surface area contributed by atoms with Gasteiger partial charge in [0.2, 0.25) is 6.20 Å². The van der Waals surface area contributed by atoms with Crippen molar-refractivity contribution >= 4 is 25.8 Å². The van der Waals surface area contributed by atoms with Crippen LogP contribution in [0.15, 0.2) is 22.9 Å². The van der Waals surface area contributed by atoms with Crippen molar-refractivity contribution < 1.29 is 17.9 Å². The Morgan fingerprint density at radius 1 is 1.50 bits per heavy atom. The predicted octanol–water partition coefficient (Wildman–Crippen LogP) is 0.896. The molecule has 0 fully saturated rings. The minimum Gasteiger partial charge on any atom is -0.619 e. The molecular formula is C9H12BrNO4S. The van der Waals surface area contributed by atoms with E-state index in [1.54, 1.807) is 6.07 Å². The van der Waals surface area contributed by atoms with E-state index in [1.165, 1.54) is 18.6 Å². The van der Waals surface area contributed by atoms with Crippen LogP contribution in [0.3, 0.4) is 0 Å². The van der Waals surface area contributed by atoms with Gasteiger partial charge in [-0.2, -0.15) is 4.73 Å². The molecule has 7 heteroatoms. The smallest absolute Gasteiger partial charge is 0.222 e. The number of hydrogen-bond acceptors (Lipinski definition) is 4. The molecule has 1 aromatic heterocycles. The van der Waals surface area contributed by atoms with Crippen LogP contribution in [-0.4, -0.2) is 27.0 Å². The Hall–Kier alpha value is -0.820. The maximum Gasteiger partial charge on any atom is 0.222 e. The third kappa shape index (κ3) is 5.32. The Morgan fingerprint density at radius 2 is 2.19 bits per heavy atom. The molecule has 90 valence electrons. The largest absolute Gasteiger partial charge is 0.619 e. The highest BCUT2D eigenvalue weighted by atomic mass is 79.9. The summed E-state index contributed by atoms with van der Waals surface area (Å²) >= 11 is 3.16. The fraction of sp³-hybridized carbons (Fsp3) is 0.444. The predicted molar refractivity (Wildman–Crippen MR) is 62.9 cm³/mol. The lowest BCUT2D eigenvalue weighted by molar-refractivity contribution is -0.606. The van der Waals surface area contributed by atoms with E-state index in [-0.39, 0.29) is 12.4 Å². The Morgan fingerprint density at radius 3 is 2.75 bits per heavy atom. The molecule has 1 heterocycles. The van der Waals surface area contributed by atoms with Crippen molar-refractivity contribution in [1.82, 2.24) is 0 Å². The Balaban J connectivity index is 2.43. The number of hydrogen-bond donors (Lipinski definition) is 0. The minimum absolute atomic E-state index is 0.0817. The molecule has 0 aliphatic carbocycles. The van der Waals surface area contributed by atoms with E-state index < -0.39 is 9.84 Å². The topological polar surface area (TPSA) is 70.3 Å². The van der Waals surface area contributed by atoms with E-state index in [4.69, 9.17) is 4.74 Å². The Kier molecular flexibility index (Phi) is 4.55. The molecule has 0 aromatic carbocycles. The van der Waals surface area contributed by atoms with Gasteiger partial charge < -0.3 is 9.94 Å². The van der Waals surface area contributed by atoms with E-state index in [0.717, 1.165) is 0 Å². The summed E-state index contributed by atoms with van der Waals surface area (Å²) in [6.45, 7) is 0.267. The molecule has 1 rings (SSSR count). The first-order chi connectivity index (χ1) is 7.37. The summed E-state index contributed by atoms with van der Waals surface area (Å²) in [5, 5.41) is 11.0. The molecular weight excluding hydrogens is 298 g/mol. The van der Waals surface area contributed by atoms with Gasteiger partial charge in [0.15, 0.2) is 11.9 Å². The number of sulfone groups is 1. The minimum atomic E-state index is -2.95. The molecule has 0 radical (unpaired) electrons. The van der Waals surface area contributed by atoms with Crippen LogP contribution in [0.5, 0.6) is 5.75 Å². The van der Waals surface area contributed by atoms with Crippen molar-refractivity contribution in [3.8, 4) is 5.75 Å². The summed E-state index contributed by atoms with van der Waals surface area (Å²) in [4.78, 5) is 0. The number of rotatable bonds is 5. The van der Waals surface area contributed by atoms with Gasteiger partial charge in [0.05, 0.1) is 16.8 Å². The van der Waals surface area contributed by atoms with E-state index in [1.807, 2.05) is 0 Å². The van der Waals surface area contributed by atoms with Gasteiger partial charge in [-0.25, -0.2) is 8.42 Å². The van der Waals surface area contributed by atoms with E-state index in [2.05, 4.69) is 15.9 Å². The van der Waals surface area contributed by atoms with Crippen LogP contribution in [-0.2, 0) is 9.84 Å². The molecule has 0 amide bonds. The van der Waals surface area contributed by atoms with E-state index in [0.29, 0.717) is 21.4 Å². The zero-order valence-corrected chi connectivity index (χ0v) is 11.1. The molecule has 0 N–H and O–H groups in total. The van der Waals surface area contributed by atoms with Crippen LogP contribution in [0, 0.1) is 5.21 Å². The first-order valence-corrected chi connectivity index (χ1v) is 7.42. The van der Waals surface area contributed by atoms with Crippen LogP contribution in [0.1, 0.15) is 6.42 Å². The van der Waals surface area contributed by atoms with E-state index >= 15 is 0 Å². The van der Waals surface area contributed by atoms with Crippen LogP contribution in [0.4, 0.5) is 0 Å². The van der Waals surface area contributed by atoms with Gasteiger partial charge in [-0.3, -0.25) is 0 Å². The number of halogens is 1. The second kappa shape index (κ2) is 5.49. The van der Waals surface area contributed by atoms with Gasteiger partial charge in [-0.05, 0) is 22.4 Å². The van der Waals surface area contributed by atoms with Crippen molar-refractivity contribution in [2.24, 2.45) is 0 Å². The van der Waals surface area contributed by atoms with Crippen molar-refractivity contribution in [3.63, 3.8) is 0 Å². The number of pyridine rings is 1.